The summed E-state index contributed by atoms with van der Waals surface area (Å²) in [5.41, 5.74) is 3.65. The number of hydrogen-bond acceptors (Lipinski definition) is 2. The Hall–Kier alpha value is -4.47. The molecule has 42 heavy (non-hydrogen) atoms. The molecule has 0 saturated carbocycles. The van der Waals surface area contributed by atoms with Gasteiger partial charge in [-0.2, -0.15) is 0 Å². The highest BCUT2D eigenvalue weighted by molar-refractivity contribution is 5.86. The van der Waals surface area contributed by atoms with Gasteiger partial charge in [-0.15, -0.1) is 6.58 Å². The molecule has 6 rings (SSSR count). The molecule has 1 heterocycles. The van der Waals surface area contributed by atoms with Crippen LogP contribution in [-0.4, -0.2) is 30.0 Å². The van der Waals surface area contributed by atoms with Crippen LogP contribution in [-0.2, 0) is 21.6 Å². The number of ether oxygens (including phenoxy) is 1. The zero-order chi connectivity index (χ0) is 28.8. The fourth-order valence-electron chi connectivity index (χ4n) is 6.56. The molecule has 0 radical (unpaired) electrons. The first-order valence-electron chi connectivity index (χ1n) is 14.9. The normalized spacial score (nSPS) is 17.0. The molecular weight excluding hydrogens is 514 g/mol. The topological polar surface area (TPSA) is 29.5 Å². The Morgan fingerprint density at radius 3 is 1.88 bits per heavy atom. The van der Waals surface area contributed by atoms with Gasteiger partial charge < -0.3 is 9.64 Å². The zero-order valence-electron chi connectivity index (χ0n) is 23.9. The minimum absolute atomic E-state index is 0.0343. The summed E-state index contributed by atoms with van der Waals surface area (Å²) in [4.78, 5) is 15.8. The minimum atomic E-state index is -0.815. The smallest absolute Gasteiger partial charge is 0.226 e. The number of fused-ring (bicyclic) bond motifs is 1. The minimum Gasteiger partial charge on any atom is -0.359 e. The molecule has 2 atom stereocenters. The maximum atomic E-state index is 13.7. The highest BCUT2D eigenvalue weighted by Crippen LogP contribution is 2.41. The van der Waals surface area contributed by atoms with Crippen molar-refractivity contribution >= 4 is 16.7 Å². The summed E-state index contributed by atoms with van der Waals surface area (Å²) >= 11 is 0. The molecule has 1 fully saturated rings. The van der Waals surface area contributed by atoms with E-state index < -0.39 is 5.60 Å². The number of nitrogens with zero attached hydrogens (tertiary/aromatic N) is 1. The zero-order valence-corrected chi connectivity index (χ0v) is 23.9. The van der Waals surface area contributed by atoms with Crippen LogP contribution in [0.2, 0.25) is 0 Å². The SMILES string of the molecule is C=CC[C@@H]1C[C@@H](COC(c2ccccc2)(c2ccccc2)c2ccccc2)N(CCc2cccc3ccccc23)C1=O. The van der Waals surface area contributed by atoms with Gasteiger partial charge in [0.25, 0.3) is 0 Å². The van der Waals surface area contributed by atoms with Gasteiger partial charge in [-0.05, 0) is 52.3 Å². The van der Waals surface area contributed by atoms with Crippen LogP contribution in [0.25, 0.3) is 10.8 Å². The summed E-state index contributed by atoms with van der Waals surface area (Å²) in [6.07, 6.45) is 4.11. The van der Waals surface area contributed by atoms with E-state index >= 15 is 0 Å². The van der Waals surface area contributed by atoms with E-state index in [2.05, 4.69) is 127 Å². The van der Waals surface area contributed by atoms with E-state index in [4.69, 9.17) is 4.74 Å². The Morgan fingerprint density at radius 1 is 0.738 bits per heavy atom. The molecule has 3 heteroatoms. The van der Waals surface area contributed by atoms with E-state index in [1.165, 1.54) is 16.3 Å². The van der Waals surface area contributed by atoms with Crippen molar-refractivity contribution in [2.75, 3.05) is 13.2 Å². The number of benzene rings is 5. The quantitative estimate of drug-likeness (QED) is 0.122. The Bertz CT molecular complexity index is 1530. The second kappa shape index (κ2) is 12.6. The van der Waals surface area contributed by atoms with Crippen molar-refractivity contribution in [1.82, 2.24) is 4.90 Å². The highest BCUT2D eigenvalue weighted by atomic mass is 16.5. The summed E-state index contributed by atoms with van der Waals surface area (Å²) in [6.45, 7) is 5.02. The average molecular weight is 552 g/mol. The summed E-state index contributed by atoms with van der Waals surface area (Å²) in [6, 6.07) is 46.2. The second-order valence-corrected chi connectivity index (χ2v) is 11.1. The number of rotatable bonds is 11. The van der Waals surface area contributed by atoms with E-state index in [-0.39, 0.29) is 17.9 Å². The van der Waals surface area contributed by atoms with Gasteiger partial charge in [-0.25, -0.2) is 0 Å². The van der Waals surface area contributed by atoms with Crippen molar-refractivity contribution in [3.63, 3.8) is 0 Å². The molecule has 5 aromatic carbocycles. The summed E-state index contributed by atoms with van der Waals surface area (Å²) in [5.74, 6) is 0.136. The standard InChI is InChI=1S/C39H37NO2/c1-2-15-32-28-36(40(38(32)41)27-26-31-18-14-17-30-16-12-13-25-37(30)31)29-42-39(33-19-6-3-7-20-33,34-21-8-4-9-22-34)35-23-10-5-11-24-35/h2-14,16-25,32,36H,1,15,26-29H2/t32-,36+/m1/s1. The lowest BCUT2D eigenvalue weighted by molar-refractivity contribution is -0.133. The molecule has 5 aromatic rings. The lowest BCUT2D eigenvalue weighted by Gasteiger charge is -2.38. The van der Waals surface area contributed by atoms with Crippen molar-refractivity contribution in [3.8, 4) is 0 Å². The number of hydrogen-bond donors (Lipinski definition) is 0. The second-order valence-electron chi connectivity index (χ2n) is 11.1. The molecule has 0 unspecified atom stereocenters. The average Bonchev–Trinajstić information content (AvgIpc) is 3.35. The van der Waals surface area contributed by atoms with Gasteiger partial charge in [0.05, 0.1) is 12.6 Å². The maximum Gasteiger partial charge on any atom is 0.226 e. The van der Waals surface area contributed by atoms with Gasteiger partial charge in [0.2, 0.25) is 5.91 Å². The number of amides is 1. The third-order valence-corrected chi connectivity index (χ3v) is 8.62. The van der Waals surface area contributed by atoms with Crippen molar-refractivity contribution < 1.29 is 9.53 Å². The van der Waals surface area contributed by atoms with Gasteiger partial charge in [0.1, 0.15) is 5.60 Å². The third kappa shape index (κ3) is 5.41. The Labute approximate surface area is 249 Å². The van der Waals surface area contributed by atoms with Crippen LogP contribution in [0.3, 0.4) is 0 Å². The van der Waals surface area contributed by atoms with Crippen molar-refractivity contribution in [2.24, 2.45) is 5.92 Å². The molecule has 0 bridgehead atoms. The molecule has 1 aliphatic heterocycles. The molecule has 0 N–H and O–H groups in total. The maximum absolute atomic E-state index is 13.7. The predicted octanol–water partition coefficient (Wildman–Crippen LogP) is 8.18. The molecule has 3 nitrogen and oxygen atoms in total. The number of carbonyl (C=O) groups excluding carboxylic acids is 1. The molecule has 210 valence electrons. The van der Waals surface area contributed by atoms with Crippen LogP contribution in [0.5, 0.6) is 0 Å². The third-order valence-electron chi connectivity index (χ3n) is 8.62. The first-order valence-corrected chi connectivity index (χ1v) is 14.9. The molecule has 1 saturated heterocycles. The summed E-state index contributed by atoms with van der Waals surface area (Å²) in [7, 11) is 0. The number of carbonyl (C=O) groups is 1. The van der Waals surface area contributed by atoms with E-state index in [0.717, 1.165) is 29.5 Å². The van der Waals surface area contributed by atoms with Gasteiger partial charge in [-0.1, -0.05) is 140 Å². The van der Waals surface area contributed by atoms with Crippen LogP contribution in [0.1, 0.15) is 35.1 Å². The Kier molecular flexibility index (Phi) is 8.30. The lowest BCUT2D eigenvalue weighted by Crippen LogP contribution is -2.42. The molecule has 1 aliphatic rings. The van der Waals surface area contributed by atoms with Gasteiger partial charge in [-0.3, -0.25) is 4.79 Å². The first kappa shape index (κ1) is 27.7. The summed E-state index contributed by atoms with van der Waals surface area (Å²) < 4.78 is 7.18. The van der Waals surface area contributed by atoms with Gasteiger partial charge in [0, 0.05) is 12.5 Å². The van der Waals surface area contributed by atoms with Crippen LogP contribution >= 0.6 is 0 Å². The van der Waals surface area contributed by atoms with E-state index in [1.54, 1.807) is 0 Å². The Morgan fingerprint density at radius 2 is 1.29 bits per heavy atom. The fourth-order valence-corrected chi connectivity index (χ4v) is 6.56. The van der Waals surface area contributed by atoms with E-state index in [0.29, 0.717) is 19.6 Å². The number of allylic oxidation sites excluding steroid dienone is 1. The molecular formula is C39H37NO2. The lowest BCUT2D eigenvalue weighted by atomic mass is 9.80. The highest BCUT2D eigenvalue weighted by Gasteiger charge is 2.42. The summed E-state index contributed by atoms with van der Waals surface area (Å²) in [5, 5.41) is 2.48. The van der Waals surface area contributed by atoms with E-state index in [9.17, 15) is 4.79 Å². The number of likely N-dealkylation sites (tertiary alicyclic amines) is 1. The van der Waals surface area contributed by atoms with Crippen LogP contribution in [0, 0.1) is 5.92 Å². The van der Waals surface area contributed by atoms with Crippen LogP contribution < -0.4 is 0 Å². The molecule has 0 aromatic heterocycles. The largest absolute Gasteiger partial charge is 0.359 e. The van der Waals surface area contributed by atoms with Crippen molar-refractivity contribution in [3.05, 3.63) is 168 Å². The van der Waals surface area contributed by atoms with Gasteiger partial charge >= 0.3 is 0 Å². The monoisotopic (exact) mass is 551 g/mol. The van der Waals surface area contributed by atoms with Crippen molar-refractivity contribution in [1.29, 1.82) is 0 Å². The fraction of sp³-hybridized carbons (Fsp3) is 0.205. The van der Waals surface area contributed by atoms with Crippen molar-refractivity contribution in [2.45, 2.75) is 30.9 Å². The van der Waals surface area contributed by atoms with E-state index in [1.807, 2.05) is 24.3 Å². The van der Waals surface area contributed by atoms with Crippen LogP contribution in [0.4, 0.5) is 0 Å². The molecule has 0 spiro atoms. The van der Waals surface area contributed by atoms with Crippen LogP contribution in [0.15, 0.2) is 146 Å². The first-order chi connectivity index (χ1) is 20.7. The predicted molar refractivity (Wildman–Crippen MR) is 171 cm³/mol. The molecule has 0 aliphatic carbocycles. The van der Waals surface area contributed by atoms with Gasteiger partial charge in [0.15, 0.2) is 0 Å². The molecule has 1 amide bonds. The Balaban J connectivity index is 1.34.